The molecule has 128 valence electrons. The molecule has 2 aromatic rings. The summed E-state index contributed by atoms with van der Waals surface area (Å²) in [6, 6.07) is 11.0. The molecule has 1 heterocycles. The van der Waals surface area contributed by atoms with Crippen LogP contribution in [0.25, 0.3) is 0 Å². The third kappa shape index (κ3) is 5.98. The number of carbonyl (C=O) groups is 1. The smallest absolute Gasteiger partial charge is 0.166 e. The van der Waals surface area contributed by atoms with Crippen LogP contribution >= 0.6 is 11.8 Å². The molecule has 0 saturated carbocycles. The molecule has 1 N–H and O–H groups in total. The Hall–Kier alpha value is -1.85. The fourth-order valence-electron chi connectivity index (χ4n) is 2.16. The maximum absolute atomic E-state index is 12.3. The third-order valence-electron chi connectivity index (χ3n) is 3.30. The largest absolute Gasteiger partial charge is 0.490 e. The molecule has 1 unspecified atom stereocenters. The maximum Gasteiger partial charge on any atom is 0.166 e. The van der Waals surface area contributed by atoms with Crippen molar-refractivity contribution in [2.75, 3.05) is 12.4 Å². The summed E-state index contributed by atoms with van der Waals surface area (Å²) < 4.78 is 5.69. The van der Waals surface area contributed by atoms with Crippen molar-refractivity contribution >= 4 is 17.5 Å². The molecular weight excluding hydrogens is 322 g/mol. The normalized spacial score (nSPS) is 12.2. The molecule has 0 bridgehead atoms. The molecular formula is C19H23NO3S. The van der Waals surface area contributed by atoms with E-state index in [1.807, 2.05) is 38.1 Å². The number of hydrogen-bond acceptors (Lipinski definition) is 5. The lowest BCUT2D eigenvalue weighted by molar-refractivity contribution is 0.0953. The van der Waals surface area contributed by atoms with Crippen LogP contribution < -0.4 is 4.74 Å². The number of thioether (sulfide) groups is 1. The highest BCUT2D eigenvalue weighted by molar-refractivity contribution is 7.99. The molecule has 0 aliphatic rings. The Bertz CT molecular complexity index is 646. The fourth-order valence-corrected chi connectivity index (χ4v) is 2.96. The van der Waals surface area contributed by atoms with Crippen molar-refractivity contribution in [2.45, 2.75) is 31.3 Å². The number of nitrogens with zero attached hydrogens (tertiary/aromatic N) is 1. The highest BCUT2D eigenvalue weighted by atomic mass is 32.2. The van der Waals surface area contributed by atoms with Gasteiger partial charge in [0.1, 0.15) is 12.4 Å². The van der Waals surface area contributed by atoms with Gasteiger partial charge in [-0.25, -0.2) is 0 Å². The van der Waals surface area contributed by atoms with E-state index in [9.17, 15) is 9.90 Å². The highest BCUT2D eigenvalue weighted by Gasteiger charge is 2.15. The molecule has 0 fully saturated rings. The first kappa shape index (κ1) is 18.5. The first-order valence-electron chi connectivity index (χ1n) is 8.02. The monoisotopic (exact) mass is 345 g/mol. The first-order valence-corrected chi connectivity index (χ1v) is 9.00. The number of pyridine rings is 1. The van der Waals surface area contributed by atoms with E-state index < -0.39 is 6.10 Å². The van der Waals surface area contributed by atoms with Crippen LogP contribution in [0.4, 0.5) is 0 Å². The standard InChI is InChI=1S/C19H23NO3S/c1-14(2)11-18(22)17-5-3-4-6-19(17)23-12-15(21)13-24-16-7-9-20-10-8-16/h3-10,14-15,21H,11-13H2,1-2H3. The Kier molecular flexibility index (Phi) is 7.28. The van der Waals surface area contributed by atoms with Crippen LogP contribution in [0.1, 0.15) is 30.6 Å². The number of ketones is 1. The Labute approximate surface area is 147 Å². The highest BCUT2D eigenvalue weighted by Crippen LogP contribution is 2.22. The van der Waals surface area contributed by atoms with Crippen LogP contribution in [0.15, 0.2) is 53.7 Å². The second kappa shape index (κ2) is 9.45. The van der Waals surface area contributed by atoms with Crippen molar-refractivity contribution in [3.8, 4) is 5.75 Å². The molecule has 5 heteroatoms. The number of para-hydroxylation sites is 1. The fraction of sp³-hybridized carbons (Fsp3) is 0.368. The Balaban J connectivity index is 1.88. The minimum atomic E-state index is -0.614. The minimum Gasteiger partial charge on any atom is -0.490 e. The molecule has 0 aliphatic carbocycles. The van der Waals surface area contributed by atoms with Gasteiger partial charge in [0.25, 0.3) is 0 Å². The summed E-state index contributed by atoms with van der Waals surface area (Å²) in [4.78, 5) is 17.3. The number of aliphatic hydroxyl groups excluding tert-OH is 1. The zero-order valence-corrected chi connectivity index (χ0v) is 14.8. The summed E-state index contributed by atoms with van der Waals surface area (Å²) in [6.07, 6.45) is 3.32. The molecule has 1 aromatic heterocycles. The van der Waals surface area contributed by atoms with Crippen LogP contribution in [0.3, 0.4) is 0 Å². The van der Waals surface area contributed by atoms with E-state index >= 15 is 0 Å². The lowest BCUT2D eigenvalue weighted by Crippen LogP contribution is -2.21. The molecule has 0 spiro atoms. The average Bonchev–Trinajstić information content (AvgIpc) is 2.58. The van der Waals surface area contributed by atoms with Crippen LogP contribution in [0.2, 0.25) is 0 Å². The topological polar surface area (TPSA) is 59.4 Å². The van der Waals surface area contributed by atoms with Crippen LogP contribution in [0.5, 0.6) is 5.75 Å². The van der Waals surface area contributed by atoms with Gasteiger partial charge in [-0.3, -0.25) is 9.78 Å². The zero-order chi connectivity index (χ0) is 17.4. The molecule has 0 radical (unpaired) electrons. The van der Waals surface area contributed by atoms with Gasteiger partial charge in [0.05, 0.1) is 11.7 Å². The second-order valence-corrected chi connectivity index (χ2v) is 7.07. The number of hydrogen-bond donors (Lipinski definition) is 1. The molecule has 0 aliphatic heterocycles. The van der Waals surface area contributed by atoms with Crippen molar-refractivity contribution in [3.05, 3.63) is 54.4 Å². The van der Waals surface area contributed by atoms with Gasteiger partial charge in [0.15, 0.2) is 5.78 Å². The lowest BCUT2D eigenvalue weighted by Gasteiger charge is -2.15. The van der Waals surface area contributed by atoms with Crippen LogP contribution in [-0.4, -0.2) is 34.3 Å². The van der Waals surface area contributed by atoms with Crippen molar-refractivity contribution in [3.63, 3.8) is 0 Å². The molecule has 0 saturated heterocycles. The van der Waals surface area contributed by atoms with E-state index in [2.05, 4.69) is 4.98 Å². The zero-order valence-electron chi connectivity index (χ0n) is 14.0. The van der Waals surface area contributed by atoms with Crippen molar-refractivity contribution < 1.29 is 14.6 Å². The Morgan fingerprint density at radius 2 is 1.92 bits per heavy atom. The third-order valence-corrected chi connectivity index (χ3v) is 4.46. The summed E-state index contributed by atoms with van der Waals surface area (Å²) in [6.45, 7) is 4.19. The van der Waals surface area contributed by atoms with Gasteiger partial charge < -0.3 is 9.84 Å². The predicted octanol–water partition coefficient (Wildman–Crippen LogP) is 3.84. The van der Waals surface area contributed by atoms with E-state index in [0.29, 0.717) is 29.4 Å². The number of ether oxygens (including phenoxy) is 1. The quantitative estimate of drug-likeness (QED) is 0.553. The van der Waals surface area contributed by atoms with Gasteiger partial charge in [0, 0.05) is 29.5 Å². The van der Waals surface area contributed by atoms with Crippen LogP contribution in [-0.2, 0) is 0 Å². The minimum absolute atomic E-state index is 0.0706. The van der Waals surface area contributed by atoms with Crippen molar-refractivity contribution in [1.82, 2.24) is 4.98 Å². The maximum atomic E-state index is 12.3. The summed E-state index contributed by atoms with van der Waals surface area (Å²) >= 11 is 1.55. The number of rotatable bonds is 9. The van der Waals surface area contributed by atoms with E-state index in [1.54, 1.807) is 36.3 Å². The first-order chi connectivity index (χ1) is 11.6. The predicted molar refractivity (Wildman–Crippen MR) is 96.7 cm³/mol. The van der Waals surface area contributed by atoms with Crippen molar-refractivity contribution in [1.29, 1.82) is 0 Å². The van der Waals surface area contributed by atoms with Gasteiger partial charge >= 0.3 is 0 Å². The number of aromatic nitrogens is 1. The van der Waals surface area contributed by atoms with Crippen molar-refractivity contribution in [2.24, 2.45) is 5.92 Å². The number of Topliss-reactive ketones (excluding diaryl/α,β-unsaturated/α-hetero) is 1. The molecule has 0 amide bonds. The van der Waals surface area contributed by atoms with Gasteiger partial charge in [-0.05, 0) is 30.2 Å². The number of aliphatic hydroxyl groups is 1. The van der Waals surface area contributed by atoms with E-state index in [4.69, 9.17) is 4.74 Å². The summed E-state index contributed by atoms with van der Waals surface area (Å²) in [5, 5.41) is 10.1. The Morgan fingerprint density at radius 1 is 1.21 bits per heavy atom. The average molecular weight is 345 g/mol. The summed E-state index contributed by atoms with van der Waals surface area (Å²) in [5.41, 5.74) is 0.584. The number of carbonyl (C=O) groups excluding carboxylic acids is 1. The lowest BCUT2D eigenvalue weighted by atomic mass is 10.0. The second-order valence-electron chi connectivity index (χ2n) is 5.98. The molecule has 1 aromatic carbocycles. The van der Waals surface area contributed by atoms with Gasteiger partial charge in [-0.1, -0.05) is 26.0 Å². The van der Waals surface area contributed by atoms with E-state index in [0.717, 1.165) is 4.90 Å². The number of benzene rings is 1. The molecule has 4 nitrogen and oxygen atoms in total. The summed E-state index contributed by atoms with van der Waals surface area (Å²) in [7, 11) is 0. The van der Waals surface area contributed by atoms with Crippen LogP contribution in [0, 0.1) is 5.92 Å². The Morgan fingerprint density at radius 3 is 2.62 bits per heavy atom. The SMILES string of the molecule is CC(C)CC(=O)c1ccccc1OCC(O)CSc1ccncc1. The van der Waals surface area contributed by atoms with Gasteiger partial charge in [-0.15, -0.1) is 11.8 Å². The molecule has 24 heavy (non-hydrogen) atoms. The van der Waals surface area contributed by atoms with Gasteiger partial charge in [0.2, 0.25) is 0 Å². The van der Waals surface area contributed by atoms with E-state index in [1.165, 1.54) is 0 Å². The summed E-state index contributed by atoms with van der Waals surface area (Å²) in [5.74, 6) is 1.43. The van der Waals surface area contributed by atoms with E-state index in [-0.39, 0.29) is 12.4 Å². The molecule has 1 atom stereocenters. The van der Waals surface area contributed by atoms with Gasteiger partial charge in [-0.2, -0.15) is 0 Å². The molecule has 2 rings (SSSR count).